The van der Waals surface area contributed by atoms with Gasteiger partial charge in [0, 0.05) is 0 Å². The van der Waals surface area contributed by atoms with Crippen LogP contribution in [0.5, 0.6) is 0 Å². The second kappa shape index (κ2) is 4.78. The summed E-state index contributed by atoms with van der Waals surface area (Å²) in [5.74, 6) is 0.247. The van der Waals surface area contributed by atoms with Gasteiger partial charge in [-0.15, -0.1) is 5.10 Å². The molecule has 86 valence electrons. The quantitative estimate of drug-likeness (QED) is 0.291. The highest BCUT2D eigenvalue weighted by atomic mass is 35.5. The molecule has 2 heterocycles. The Morgan fingerprint density at radius 3 is 3.12 bits per heavy atom. The first-order valence-corrected chi connectivity index (χ1v) is 4.85. The first-order chi connectivity index (χ1) is 8.26. The van der Waals surface area contributed by atoms with E-state index in [1.165, 1.54) is 4.52 Å². The van der Waals surface area contributed by atoms with Gasteiger partial charge in [-0.05, 0) is 12.1 Å². The molecule has 0 bridgehead atoms. The number of aromatic nitrogens is 3. The summed E-state index contributed by atoms with van der Waals surface area (Å²) >= 11 is 5.92. The zero-order chi connectivity index (χ0) is 12.3. The Bertz CT molecular complexity index is 603. The third-order valence-electron chi connectivity index (χ3n) is 1.93. The van der Waals surface area contributed by atoms with Crippen molar-refractivity contribution in [2.24, 2.45) is 0 Å². The van der Waals surface area contributed by atoms with Crippen molar-refractivity contribution in [3.8, 4) is 6.07 Å². The molecule has 0 aliphatic rings. The van der Waals surface area contributed by atoms with Crippen molar-refractivity contribution in [2.45, 2.75) is 6.61 Å². The van der Waals surface area contributed by atoms with E-state index in [2.05, 4.69) is 19.9 Å². The minimum absolute atomic E-state index is 0.0753. The first kappa shape index (κ1) is 11.3. The number of rotatable bonds is 4. The Balaban J connectivity index is 2.39. The smallest absolute Gasteiger partial charge is 0.212 e. The summed E-state index contributed by atoms with van der Waals surface area (Å²) in [6.07, 6.45) is 0.635. The Morgan fingerprint density at radius 1 is 1.59 bits per heavy atom. The maximum atomic E-state index is 8.86. The largest absolute Gasteiger partial charge is 0.325 e. The van der Waals surface area contributed by atoms with E-state index in [0.29, 0.717) is 17.6 Å². The number of nitrogens with one attached hydrogen (secondary N) is 1. The summed E-state index contributed by atoms with van der Waals surface area (Å²) in [5, 5.41) is 19.7. The van der Waals surface area contributed by atoms with E-state index in [1.54, 1.807) is 12.1 Å². The molecule has 0 aliphatic carbocycles. The summed E-state index contributed by atoms with van der Waals surface area (Å²) in [5.41, 5.74) is 0.887. The monoisotopic (exact) mass is 251 g/mol. The molecule has 0 saturated carbocycles. The van der Waals surface area contributed by atoms with Gasteiger partial charge < -0.3 is 4.89 Å². The standard InChI is InChI=1S/C9H6ClN5O2/c10-9-7-2-1-6(3-11)15(7)14-8(13-9)4-16-17-5-12/h1-2,5,12H,4H2. The van der Waals surface area contributed by atoms with Crippen LogP contribution in [0.15, 0.2) is 12.1 Å². The lowest BCUT2D eigenvalue weighted by molar-refractivity contribution is -0.229. The molecular formula is C9H6ClN5O2. The van der Waals surface area contributed by atoms with E-state index >= 15 is 0 Å². The molecular weight excluding hydrogens is 246 g/mol. The van der Waals surface area contributed by atoms with Crippen LogP contribution in [0, 0.1) is 16.7 Å². The summed E-state index contributed by atoms with van der Waals surface area (Å²) in [6, 6.07) is 5.22. The molecule has 0 radical (unpaired) electrons. The summed E-state index contributed by atoms with van der Waals surface area (Å²) < 4.78 is 1.37. The fourth-order valence-corrected chi connectivity index (χ4v) is 1.51. The van der Waals surface area contributed by atoms with E-state index in [1.807, 2.05) is 6.07 Å². The van der Waals surface area contributed by atoms with Crippen LogP contribution >= 0.6 is 11.6 Å². The molecule has 0 unspecified atom stereocenters. The van der Waals surface area contributed by atoms with Crippen LogP contribution in [-0.4, -0.2) is 21.0 Å². The average Bonchev–Trinajstić information content (AvgIpc) is 2.73. The fraction of sp³-hybridized carbons (Fsp3) is 0.111. The maximum absolute atomic E-state index is 8.86. The SMILES string of the molecule is N#Cc1ccc2c(Cl)nc(COOC=N)nn12. The molecule has 0 amide bonds. The van der Waals surface area contributed by atoms with Gasteiger partial charge >= 0.3 is 0 Å². The van der Waals surface area contributed by atoms with Crippen LogP contribution in [0.4, 0.5) is 0 Å². The van der Waals surface area contributed by atoms with E-state index in [4.69, 9.17) is 22.3 Å². The predicted molar refractivity (Wildman–Crippen MR) is 57.4 cm³/mol. The highest BCUT2D eigenvalue weighted by Gasteiger charge is 2.10. The third-order valence-corrected chi connectivity index (χ3v) is 2.21. The number of hydrogen-bond donors (Lipinski definition) is 1. The lowest BCUT2D eigenvalue weighted by atomic mass is 10.5. The molecule has 8 heteroatoms. The van der Waals surface area contributed by atoms with Crippen molar-refractivity contribution in [3.05, 3.63) is 28.8 Å². The van der Waals surface area contributed by atoms with Gasteiger partial charge in [0.2, 0.25) is 6.40 Å². The second-order valence-corrected chi connectivity index (χ2v) is 3.28. The highest BCUT2D eigenvalue weighted by molar-refractivity contribution is 6.32. The van der Waals surface area contributed by atoms with Gasteiger partial charge in [-0.25, -0.2) is 9.50 Å². The maximum Gasteiger partial charge on any atom is 0.212 e. The minimum atomic E-state index is -0.0753. The van der Waals surface area contributed by atoms with Crippen LogP contribution in [0.2, 0.25) is 5.15 Å². The second-order valence-electron chi connectivity index (χ2n) is 2.92. The Morgan fingerprint density at radius 2 is 2.41 bits per heavy atom. The first-order valence-electron chi connectivity index (χ1n) is 4.47. The van der Waals surface area contributed by atoms with Gasteiger partial charge in [0.25, 0.3) is 0 Å². The van der Waals surface area contributed by atoms with Crippen molar-refractivity contribution in [3.63, 3.8) is 0 Å². The van der Waals surface area contributed by atoms with Crippen molar-refractivity contribution in [2.75, 3.05) is 0 Å². The molecule has 0 aliphatic heterocycles. The van der Waals surface area contributed by atoms with Gasteiger partial charge in [0.1, 0.15) is 17.3 Å². The molecule has 2 aromatic heterocycles. The Hall–Kier alpha value is -2.17. The Labute approximate surface area is 101 Å². The van der Waals surface area contributed by atoms with E-state index in [0.717, 1.165) is 0 Å². The number of nitrogens with zero attached hydrogens (tertiary/aromatic N) is 4. The molecule has 0 aromatic carbocycles. The third kappa shape index (κ3) is 2.18. The molecule has 17 heavy (non-hydrogen) atoms. The highest BCUT2D eigenvalue weighted by Crippen LogP contribution is 2.16. The summed E-state index contributed by atoms with van der Waals surface area (Å²) in [6.45, 7) is -0.0753. The molecule has 0 saturated heterocycles. The lowest BCUT2D eigenvalue weighted by Gasteiger charge is -2.02. The van der Waals surface area contributed by atoms with Crippen LogP contribution in [0.1, 0.15) is 11.5 Å². The average molecular weight is 252 g/mol. The summed E-state index contributed by atoms with van der Waals surface area (Å²) in [4.78, 5) is 12.8. The zero-order valence-electron chi connectivity index (χ0n) is 8.42. The zero-order valence-corrected chi connectivity index (χ0v) is 9.18. The number of hydrogen-bond acceptors (Lipinski definition) is 6. The van der Waals surface area contributed by atoms with Gasteiger partial charge in [0.15, 0.2) is 17.6 Å². The molecule has 2 rings (SSSR count). The number of fused-ring (bicyclic) bond motifs is 1. The van der Waals surface area contributed by atoms with Gasteiger partial charge in [0.05, 0.1) is 0 Å². The topological polar surface area (TPSA) is 96.3 Å². The van der Waals surface area contributed by atoms with Gasteiger partial charge in [-0.3, -0.25) is 5.41 Å². The normalized spacial score (nSPS) is 10.1. The van der Waals surface area contributed by atoms with Crippen molar-refractivity contribution < 1.29 is 9.78 Å². The molecule has 0 atom stereocenters. The molecule has 7 nitrogen and oxygen atoms in total. The molecule has 1 N–H and O–H groups in total. The molecule has 0 spiro atoms. The molecule has 2 aromatic rings. The molecule has 0 fully saturated rings. The van der Waals surface area contributed by atoms with Crippen LogP contribution in [0.3, 0.4) is 0 Å². The van der Waals surface area contributed by atoms with Gasteiger partial charge in [-0.2, -0.15) is 10.1 Å². The van der Waals surface area contributed by atoms with Crippen LogP contribution in [-0.2, 0) is 16.4 Å². The van der Waals surface area contributed by atoms with Crippen LogP contribution in [0.25, 0.3) is 5.52 Å². The van der Waals surface area contributed by atoms with E-state index < -0.39 is 0 Å². The van der Waals surface area contributed by atoms with Crippen molar-refractivity contribution in [1.29, 1.82) is 10.7 Å². The predicted octanol–water partition coefficient (Wildman–Crippen LogP) is 1.31. The number of halogens is 1. The minimum Gasteiger partial charge on any atom is -0.325 e. The van der Waals surface area contributed by atoms with Gasteiger partial charge in [-0.1, -0.05) is 11.6 Å². The van der Waals surface area contributed by atoms with E-state index in [-0.39, 0.29) is 17.6 Å². The summed E-state index contributed by atoms with van der Waals surface area (Å²) in [7, 11) is 0. The number of nitriles is 1. The lowest BCUT2D eigenvalue weighted by Crippen LogP contribution is -2.06. The van der Waals surface area contributed by atoms with Crippen molar-refractivity contribution >= 4 is 23.5 Å². The van der Waals surface area contributed by atoms with E-state index in [9.17, 15) is 0 Å². The Kier molecular flexibility index (Phi) is 3.18. The van der Waals surface area contributed by atoms with Crippen molar-refractivity contribution in [1.82, 2.24) is 14.6 Å². The van der Waals surface area contributed by atoms with Crippen LogP contribution < -0.4 is 0 Å². The fourth-order valence-electron chi connectivity index (χ4n) is 1.27.